The van der Waals surface area contributed by atoms with E-state index in [1.807, 2.05) is 19.1 Å². The number of rotatable bonds is 5. The van der Waals surface area contributed by atoms with E-state index in [1.165, 1.54) is 7.11 Å². The summed E-state index contributed by atoms with van der Waals surface area (Å²) < 4.78 is 5.14. The average molecular weight is 268 g/mol. The van der Waals surface area contributed by atoms with Crippen LogP contribution in [0.5, 0.6) is 5.75 Å². The number of carbonyl (C=O) groups excluding carboxylic acids is 2. The van der Waals surface area contributed by atoms with Crippen molar-refractivity contribution in [2.75, 3.05) is 7.11 Å². The summed E-state index contributed by atoms with van der Waals surface area (Å²) in [5.74, 6) is 0.0862. The van der Waals surface area contributed by atoms with E-state index >= 15 is 0 Å². The monoisotopic (exact) mass is 268 g/mol. The number of methoxy groups -OCH3 is 1. The third-order valence-electron chi connectivity index (χ3n) is 3.10. The lowest BCUT2D eigenvalue weighted by Gasteiger charge is -2.07. The molecular weight excluding hydrogens is 252 g/mol. The van der Waals surface area contributed by atoms with Crippen molar-refractivity contribution in [1.29, 1.82) is 0 Å². The Morgan fingerprint density at radius 3 is 2.25 bits per heavy atom. The molecule has 0 N–H and O–H groups in total. The van der Waals surface area contributed by atoms with E-state index in [1.54, 1.807) is 36.4 Å². The molecule has 0 aliphatic carbocycles. The lowest BCUT2D eigenvalue weighted by molar-refractivity contribution is 0.0893. The third kappa shape index (κ3) is 3.12. The Kier molecular flexibility index (Phi) is 4.31. The second-order valence-corrected chi connectivity index (χ2v) is 4.59. The van der Waals surface area contributed by atoms with Crippen molar-refractivity contribution < 1.29 is 14.3 Å². The van der Waals surface area contributed by atoms with Crippen LogP contribution in [0.2, 0.25) is 0 Å². The summed E-state index contributed by atoms with van der Waals surface area (Å²) in [6, 6.07) is 14.1. The number of para-hydroxylation sites is 1. The Morgan fingerprint density at radius 1 is 0.950 bits per heavy atom. The summed E-state index contributed by atoms with van der Waals surface area (Å²) >= 11 is 0. The molecule has 2 rings (SSSR count). The van der Waals surface area contributed by atoms with E-state index in [0.717, 1.165) is 5.56 Å². The van der Waals surface area contributed by atoms with Gasteiger partial charge in [-0.2, -0.15) is 0 Å². The van der Waals surface area contributed by atoms with Crippen LogP contribution in [0.15, 0.2) is 48.5 Å². The molecule has 3 heteroatoms. The van der Waals surface area contributed by atoms with Crippen molar-refractivity contribution in [3.05, 3.63) is 65.2 Å². The Balaban J connectivity index is 2.15. The van der Waals surface area contributed by atoms with Gasteiger partial charge >= 0.3 is 0 Å². The van der Waals surface area contributed by atoms with Gasteiger partial charge in [-0.3, -0.25) is 9.59 Å². The zero-order valence-electron chi connectivity index (χ0n) is 11.6. The van der Waals surface area contributed by atoms with Crippen LogP contribution in [0, 0.1) is 6.92 Å². The molecule has 0 amide bonds. The highest BCUT2D eigenvalue weighted by Crippen LogP contribution is 2.20. The molecule has 3 nitrogen and oxygen atoms in total. The smallest absolute Gasteiger partial charge is 0.174 e. The number of carbonyl (C=O) groups is 2. The van der Waals surface area contributed by atoms with Crippen molar-refractivity contribution in [3.8, 4) is 5.75 Å². The predicted molar refractivity (Wildman–Crippen MR) is 77.5 cm³/mol. The molecule has 2 aromatic rings. The number of hydrogen-bond donors (Lipinski definition) is 0. The van der Waals surface area contributed by atoms with E-state index in [9.17, 15) is 9.59 Å². The number of ketones is 2. The first kappa shape index (κ1) is 14.0. The highest BCUT2D eigenvalue weighted by atomic mass is 16.5. The van der Waals surface area contributed by atoms with Gasteiger partial charge in [-0.25, -0.2) is 0 Å². The van der Waals surface area contributed by atoms with Gasteiger partial charge in [0.05, 0.1) is 19.1 Å². The highest BCUT2D eigenvalue weighted by molar-refractivity contribution is 6.14. The fraction of sp³-hybridized carbons (Fsp3) is 0.176. The van der Waals surface area contributed by atoms with Crippen LogP contribution in [0.4, 0.5) is 0 Å². The van der Waals surface area contributed by atoms with Gasteiger partial charge in [0.15, 0.2) is 11.6 Å². The standard InChI is InChI=1S/C17H16O3/c1-12-7-9-13(10-8-12)15(18)11-16(19)14-5-3-4-6-17(14)20-2/h3-10H,11H2,1-2H3. The molecule has 102 valence electrons. The van der Waals surface area contributed by atoms with Crippen LogP contribution >= 0.6 is 0 Å². The summed E-state index contributed by atoms with van der Waals surface area (Å²) in [5, 5.41) is 0. The fourth-order valence-electron chi connectivity index (χ4n) is 1.96. The largest absolute Gasteiger partial charge is 0.496 e. The Bertz CT molecular complexity index is 627. The van der Waals surface area contributed by atoms with E-state index in [0.29, 0.717) is 16.9 Å². The Morgan fingerprint density at radius 2 is 1.60 bits per heavy atom. The predicted octanol–water partition coefficient (Wildman–Crippen LogP) is 3.46. The van der Waals surface area contributed by atoms with E-state index < -0.39 is 0 Å². The summed E-state index contributed by atoms with van der Waals surface area (Å²) in [4.78, 5) is 24.3. The fourth-order valence-corrected chi connectivity index (χ4v) is 1.96. The molecule has 0 radical (unpaired) electrons. The van der Waals surface area contributed by atoms with Crippen LogP contribution < -0.4 is 4.74 Å². The van der Waals surface area contributed by atoms with Gasteiger partial charge in [0.1, 0.15) is 5.75 Å². The molecular formula is C17H16O3. The van der Waals surface area contributed by atoms with Gasteiger partial charge in [-0.05, 0) is 19.1 Å². The maximum atomic E-state index is 12.2. The molecule has 0 unspecified atom stereocenters. The number of ether oxygens (including phenoxy) is 1. The highest BCUT2D eigenvalue weighted by Gasteiger charge is 2.16. The van der Waals surface area contributed by atoms with Gasteiger partial charge < -0.3 is 4.74 Å². The minimum absolute atomic E-state index is 0.149. The molecule has 0 fully saturated rings. The minimum Gasteiger partial charge on any atom is -0.496 e. The molecule has 20 heavy (non-hydrogen) atoms. The topological polar surface area (TPSA) is 43.4 Å². The Labute approximate surface area is 118 Å². The number of hydrogen-bond acceptors (Lipinski definition) is 3. The first-order valence-electron chi connectivity index (χ1n) is 6.38. The molecule has 0 aliphatic rings. The van der Waals surface area contributed by atoms with Crippen LogP contribution in [-0.2, 0) is 0 Å². The molecule has 0 spiro atoms. The molecule has 0 saturated carbocycles. The first-order chi connectivity index (χ1) is 9.61. The number of benzene rings is 2. The average Bonchev–Trinajstić information content (AvgIpc) is 2.47. The van der Waals surface area contributed by atoms with Crippen molar-refractivity contribution in [2.45, 2.75) is 13.3 Å². The SMILES string of the molecule is COc1ccccc1C(=O)CC(=O)c1ccc(C)cc1. The molecule has 0 aromatic heterocycles. The van der Waals surface area contributed by atoms with Crippen molar-refractivity contribution in [3.63, 3.8) is 0 Å². The second kappa shape index (κ2) is 6.15. The van der Waals surface area contributed by atoms with Crippen molar-refractivity contribution >= 4 is 11.6 Å². The second-order valence-electron chi connectivity index (χ2n) is 4.59. The lowest BCUT2D eigenvalue weighted by Crippen LogP contribution is -2.09. The summed E-state index contributed by atoms with van der Waals surface area (Å²) in [6.45, 7) is 1.95. The van der Waals surface area contributed by atoms with Gasteiger partial charge in [0.2, 0.25) is 0 Å². The van der Waals surface area contributed by atoms with Gasteiger partial charge in [-0.1, -0.05) is 42.0 Å². The van der Waals surface area contributed by atoms with E-state index in [4.69, 9.17) is 4.74 Å². The molecule has 0 aliphatic heterocycles. The zero-order chi connectivity index (χ0) is 14.5. The van der Waals surface area contributed by atoms with Crippen LogP contribution in [0.25, 0.3) is 0 Å². The van der Waals surface area contributed by atoms with Crippen LogP contribution in [0.3, 0.4) is 0 Å². The van der Waals surface area contributed by atoms with Crippen molar-refractivity contribution in [1.82, 2.24) is 0 Å². The third-order valence-corrected chi connectivity index (χ3v) is 3.10. The molecule has 0 heterocycles. The van der Waals surface area contributed by atoms with Gasteiger partial charge in [0.25, 0.3) is 0 Å². The molecule has 0 bridgehead atoms. The zero-order valence-corrected chi connectivity index (χ0v) is 11.6. The van der Waals surface area contributed by atoms with Crippen LogP contribution in [-0.4, -0.2) is 18.7 Å². The Hall–Kier alpha value is -2.42. The lowest BCUT2D eigenvalue weighted by atomic mass is 10.0. The molecule has 0 saturated heterocycles. The molecule has 0 atom stereocenters. The maximum Gasteiger partial charge on any atom is 0.174 e. The van der Waals surface area contributed by atoms with Crippen LogP contribution in [0.1, 0.15) is 32.7 Å². The minimum atomic E-state index is -0.229. The number of aryl methyl sites for hydroxylation is 1. The van der Waals surface area contributed by atoms with Gasteiger partial charge in [-0.15, -0.1) is 0 Å². The quantitative estimate of drug-likeness (QED) is 0.616. The summed E-state index contributed by atoms with van der Waals surface area (Å²) in [7, 11) is 1.51. The molecule has 2 aromatic carbocycles. The normalized spacial score (nSPS) is 10.1. The van der Waals surface area contributed by atoms with Gasteiger partial charge in [0, 0.05) is 5.56 Å². The van der Waals surface area contributed by atoms with Crippen molar-refractivity contribution in [2.24, 2.45) is 0 Å². The first-order valence-corrected chi connectivity index (χ1v) is 6.38. The van der Waals surface area contributed by atoms with E-state index in [2.05, 4.69) is 0 Å². The maximum absolute atomic E-state index is 12.2. The van der Waals surface area contributed by atoms with E-state index in [-0.39, 0.29) is 18.0 Å². The number of Topliss-reactive ketones (excluding diaryl/α,β-unsaturated/α-hetero) is 2. The summed E-state index contributed by atoms with van der Waals surface area (Å²) in [5.41, 5.74) is 2.08. The summed E-state index contributed by atoms with van der Waals surface area (Å²) in [6.07, 6.45) is -0.149.